The summed E-state index contributed by atoms with van der Waals surface area (Å²) in [6.07, 6.45) is 2.46. The summed E-state index contributed by atoms with van der Waals surface area (Å²) in [5.74, 6) is 1.61. The van der Waals surface area contributed by atoms with Gasteiger partial charge in [0.15, 0.2) is 5.65 Å². The predicted molar refractivity (Wildman–Crippen MR) is 116 cm³/mol. The van der Waals surface area contributed by atoms with Gasteiger partial charge in [-0.1, -0.05) is 6.07 Å². The van der Waals surface area contributed by atoms with Gasteiger partial charge in [0, 0.05) is 29.1 Å². The molecule has 1 saturated carbocycles. The number of nitrogens with one attached hydrogen (secondary N) is 2. The molecule has 5 rings (SSSR count). The van der Waals surface area contributed by atoms with E-state index in [2.05, 4.69) is 21.6 Å². The molecule has 0 unspecified atom stereocenters. The Hall–Kier alpha value is -3.32. The lowest BCUT2D eigenvalue weighted by Crippen LogP contribution is -2.16. The maximum absolute atomic E-state index is 12.4. The van der Waals surface area contributed by atoms with E-state index in [0.29, 0.717) is 11.7 Å². The van der Waals surface area contributed by atoms with E-state index in [1.807, 2.05) is 37.3 Å². The predicted octanol–water partition coefficient (Wildman–Crippen LogP) is 3.42. The van der Waals surface area contributed by atoms with Gasteiger partial charge >= 0.3 is 5.69 Å². The van der Waals surface area contributed by atoms with Crippen molar-refractivity contribution in [3.8, 4) is 22.6 Å². The van der Waals surface area contributed by atoms with E-state index in [1.165, 1.54) is 12.8 Å². The number of aryl methyl sites for hydroxylation is 1. The summed E-state index contributed by atoms with van der Waals surface area (Å²) >= 11 is 0. The van der Waals surface area contributed by atoms with Gasteiger partial charge in [0.25, 0.3) is 0 Å². The fraction of sp³-hybridized carbons (Fsp3) is 0.304. The highest BCUT2D eigenvalue weighted by molar-refractivity contribution is 5.92. The van der Waals surface area contributed by atoms with Crippen LogP contribution in [0.2, 0.25) is 0 Å². The van der Waals surface area contributed by atoms with Crippen LogP contribution in [0.15, 0.2) is 41.2 Å². The van der Waals surface area contributed by atoms with Crippen molar-refractivity contribution in [1.29, 1.82) is 0 Å². The minimum atomic E-state index is -0.254. The summed E-state index contributed by atoms with van der Waals surface area (Å²) in [5, 5.41) is 11.2. The number of rotatable bonds is 6. The van der Waals surface area contributed by atoms with Crippen LogP contribution in [0, 0.1) is 6.92 Å². The zero-order chi connectivity index (χ0) is 20.8. The smallest absolute Gasteiger partial charge is 0.348 e. The van der Waals surface area contributed by atoms with Gasteiger partial charge in [-0.2, -0.15) is 5.10 Å². The maximum atomic E-state index is 12.4. The number of H-pyrrole nitrogens is 1. The first-order valence-corrected chi connectivity index (χ1v) is 10.1. The average molecular weight is 404 g/mol. The molecular weight excluding hydrogens is 380 g/mol. The lowest BCUT2D eigenvalue weighted by molar-refractivity contribution is 0.407. The van der Waals surface area contributed by atoms with Crippen molar-refractivity contribution >= 4 is 16.6 Å². The number of aromatic amines is 1. The summed E-state index contributed by atoms with van der Waals surface area (Å²) < 4.78 is 12.9. The third-order valence-electron chi connectivity index (χ3n) is 5.78. The third kappa shape index (κ3) is 3.11. The van der Waals surface area contributed by atoms with Crippen LogP contribution in [0.3, 0.4) is 0 Å². The highest BCUT2D eigenvalue weighted by Crippen LogP contribution is 2.37. The number of methoxy groups -OCH3 is 2. The zero-order valence-corrected chi connectivity index (χ0v) is 17.3. The summed E-state index contributed by atoms with van der Waals surface area (Å²) in [7, 11) is 3.36. The number of hydrogen-bond acceptors (Lipinski definition) is 5. The Bertz CT molecular complexity index is 1320. The van der Waals surface area contributed by atoms with Crippen molar-refractivity contribution in [1.82, 2.24) is 19.9 Å². The first kappa shape index (κ1) is 18.7. The molecule has 0 saturated heterocycles. The molecule has 4 aromatic rings. The number of aromatic nitrogens is 3. The highest BCUT2D eigenvalue weighted by Gasteiger charge is 2.21. The van der Waals surface area contributed by atoms with Crippen molar-refractivity contribution < 1.29 is 9.47 Å². The molecule has 2 heterocycles. The number of ether oxygens (including phenoxy) is 2. The van der Waals surface area contributed by atoms with Gasteiger partial charge < -0.3 is 14.8 Å². The maximum Gasteiger partial charge on any atom is 0.348 e. The Morgan fingerprint density at radius 2 is 1.93 bits per heavy atom. The zero-order valence-electron chi connectivity index (χ0n) is 17.3. The Morgan fingerprint density at radius 1 is 1.13 bits per heavy atom. The first-order valence-electron chi connectivity index (χ1n) is 10.1. The number of nitrogens with zero attached hydrogens (tertiary/aromatic N) is 2. The molecular formula is C23H24N4O3. The molecule has 2 aromatic heterocycles. The van der Waals surface area contributed by atoms with Crippen LogP contribution in [-0.4, -0.2) is 34.9 Å². The molecule has 154 valence electrons. The molecule has 0 aliphatic heterocycles. The molecule has 1 aliphatic carbocycles. The quantitative estimate of drug-likeness (QED) is 0.515. The number of fused-ring (bicyclic) bond motifs is 3. The van der Waals surface area contributed by atoms with Gasteiger partial charge in [0.05, 0.1) is 19.7 Å². The Kier molecular flexibility index (Phi) is 4.47. The van der Waals surface area contributed by atoms with Gasteiger partial charge in [-0.25, -0.2) is 14.3 Å². The van der Waals surface area contributed by atoms with Crippen molar-refractivity contribution in [3.63, 3.8) is 0 Å². The molecule has 0 amide bonds. The fourth-order valence-electron chi connectivity index (χ4n) is 4.00. The Morgan fingerprint density at radius 3 is 2.67 bits per heavy atom. The SMILES string of the molecule is COc1ccc(-c2cc3c(cc2OC)c(C)cc2n[nH]c(=O)n23)cc1CNC1CC1. The van der Waals surface area contributed by atoms with E-state index >= 15 is 0 Å². The average Bonchev–Trinajstić information content (AvgIpc) is 3.53. The molecule has 2 aromatic carbocycles. The normalized spacial score (nSPS) is 13.8. The lowest BCUT2D eigenvalue weighted by Gasteiger charge is -2.15. The number of benzene rings is 2. The minimum absolute atomic E-state index is 0.254. The van der Waals surface area contributed by atoms with Crippen molar-refractivity contribution in [2.24, 2.45) is 0 Å². The molecule has 2 N–H and O–H groups in total. The lowest BCUT2D eigenvalue weighted by atomic mass is 9.98. The molecule has 0 spiro atoms. The monoisotopic (exact) mass is 404 g/mol. The van der Waals surface area contributed by atoms with Gasteiger partial charge in [0.1, 0.15) is 11.5 Å². The molecule has 30 heavy (non-hydrogen) atoms. The van der Waals surface area contributed by atoms with Crippen molar-refractivity contribution in [3.05, 3.63) is 58.0 Å². The van der Waals surface area contributed by atoms with E-state index in [4.69, 9.17) is 9.47 Å². The Balaban J connectivity index is 1.71. The van der Waals surface area contributed by atoms with Gasteiger partial charge in [-0.15, -0.1) is 0 Å². The summed E-state index contributed by atoms with van der Waals surface area (Å²) in [5.41, 5.74) is 5.20. The second-order valence-electron chi connectivity index (χ2n) is 7.80. The fourth-order valence-corrected chi connectivity index (χ4v) is 4.00. The molecule has 0 bridgehead atoms. The minimum Gasteiger partial charge on any atom is -0.496 e. The first-order chi connectivity index (χ1) is 14.6. The highest BCUT2D eigenvalue weighted by atomic mass is 16.5. The van der Waals surface area contributed by atoms with Crippen LogP contribution in [-0.2, 0) is 6.54 Å². The van der Waals surface area contributed by atoms with Crippen LogP contribution in [0.5, 0.6) is 11.5 Å². The summed E-state index contributed by atoms with van der Waals surface area (Å²) in [6.45, 7) is 2.76. The largest absolute Gasteiger partial charge is 0.496 e. The summed E-state index contributed by atoms with van der Waals surface area (Å²) in [4.78, 5) is 12.4. The van der Waals surface area contributed by atoms with Crippen LogP contribution < -0.4 is 20.5 Å². The van der Waals surface area contributed by atoms with E-state index in [-0.39, 0.29) is 5.69 Å². The van der Waals surface area contributed by atoms with Crippen molar-refractivity contribution in [2.75, 3.05) is 14.2 Å². The van der Waals surface area contributed by atoms with Crippen molar-refractivity contribution in [2.45, 2.75) is 32.4 Å². The third-order valence-corrected chi connectivity index (χ3v) is 5.78. The molecule has 7 nitrogen and oxygen atoms in total. The van der Waals surface area contributed by atoms with Crippen LogP contribution in [0.25, 0.3) is 27.7 Å². The van der Waals surface area contributed by atoms with E-state index < -0.39 is 0 Å². The molecule has 0 atom stereocenters. The van der Waals surface area contributed by atoms with Gasteiger partial charge in [-0.3, -0.25) is 0 Å². The van der Waals surface area contributed by atoms with Gasteiger partial charge in [-0.05, 0) is 61.2 Å². The standard InChI is InChI=1S/C23H24N4O3/c1-13-8-22-25-26-23(28)27(22)19-10-18(21(30-3)11-17(13)19)14-4-7-20(29-2)15(9-14)12-24-16-5-6-16/h4,7-11,16,24H,5-6,12H2,1-3H3,(H,26,28). The molecule has 0 radical (unpaired) electrons. The second kappa shape index (κ2) is 7.18. The molecule has 1 aliphatic rings. The van der Waals surface area contributed by atoms with Crippen LogP contribution in [0.4, 0.5) is 0 Å². The van der Waals surface area contributed by atoms with E-state index in [9.17, 15) is 4.79 Å². The second-order valence-corrected chi connectivity index (χ2v) is 7.80. The van der Waals surface area contributed by atoms with E-state index in [1.54, 1.807) is 18.6 Å². The Labute approximate surface area is 173 Å². The summed E-state index contributed by atoms with van der Waals surface area (Å²) in [6, 6.07) is 12.6. The topological polar surface area (TPSA) is 80.7 Å². The van der Waals surface area contributed by atoms with Crippen LogP contribution >= 0.6 is 0 Å². The van der Waals surface area contributed by atoms with E-state index in [0.717, 1.165) is 51.2 Å². The molecule has 1 fully saturated rings. The number of pyridine rings is 1. The number of hydrogen-bond donors (Lipinski definition) is 2. The molecule has 7 heteroatoms. The van der Waals surface area contributed by atoms with Gasteiger partial charge in [0.2, 0.25) is 0 Å². The van der Waals surface area contributed by atoms with Crippen LogP contribution in [0.1, 0.15) is 24.0 Å².